The van der Waals surface area contributed by atoms with Crippen molar-refractivity contribution in [2.45, 2.75) is 45.4 Å². The first-order chi connectivity index (χ1) is 21.0. The number of fused-ring (bicyclic) bond motifs is 2. The third-order valence-electron chi connectivity index (χ3n) is 7.61. The topological polar surface area (TPSA) is 160 Å². The van der Waals surface area contributed by atoms with E-state index in [1.165, 1.54) is 12.1 Å². The molecule has 3 aromatic carbocycles. The minimum absolute atomic E-state index is 0.00302. The number of aromatic nitrogens is 1. The van der Waals surface area contributed by atoms with E-state index < -0.39 is 28.7 Å². The van der Waals surface area contributed by atoms with Gasteiger partial charge in [0.25, 0.3) is 17.5 Å². The molecule has 2 heterocycles. The first-order valence-corrected chi connectivity index (χ1v) is 14.1. The van der Waals surface area contributed by atoms with Crippen LogP contribution < -0.4 is 14.4 Å². The Kier molecular flexibility index (Phi) is 8.26. The number of imide groups is 1. The van der Waals surface area contributed by atoms with Crippen LogP contribution in [0.3, 0.4) is 0 Å². The van der Waals surface area contributed by atoms with Gasteiger partial charge in [-0.2, -0.15) is 4.57 Å². The van der Waals surface area contributed by atoms with Crippen molar-refractivity contribution < 1.29 is 43.3 Å². The summed E-state index contributed by atoms with van der Waals surface area (Å²) in [6.45, 7) is 3.82. The van der Waals surface area contributed by atoms with Crippen molar-refractivity contribution in [1.29, 1.82) is 0 Å². The minimum atomic E-state index is -1.35. The van der Waals surface area contributed by atoms with Crippen LogP contribution in [-0.4, -0.2) is 40.3 Å². The molecule has 4 aromatic rings. The molecule has 0 unspecified atom stereocenters. The van der Waals surface area contributed by atoms with Gasteiger partial charge in [0.15, 0.2) is 0 Å². The van der Waals surface area contributed by atoms with Crippen LogP contribution in [0.15, 0.2) is 54.6 Å². The quantitative estimate of drug-likeness (QED) is 0.0662. The Morgan fingerprint density at radius 2 is 1.68 bits per heavy atom. The van der Waals surface area contributed by atoms with Crippen LogP contribution in [0.1, 0.15) is 61.4 Å². The number of ether oxygens (including phenoxy) is 1. The van der Waals surface area contributed by atoms with Gasteiger partial charge < -0.3 is 19.5 Å². The SMILES string of the molecule is CC(C)c1cc([N+](=O)[O-])ccc1-c1cc2c(C(=O)[O-])c3ccccc3[n+](C)c2cc1OCCCC(=O)ON1C(=O)CCC1=O. The molecule has 226 valence electrons. The molecule has 1 aromatic heterocycles. The van der Waals surface area contributed by atoms with Crippen molar-refractivity contribution in [1.82, 2.24) is 5.06 Å². The van der Waals surface area contributed by atoms with Gasteiger partial charge in [0.05, 0.1) is 40.8 Å². The van der Waals surface area contributed by atoms with Crippen LogP contribution in [0, 0.1) is 10.1 Å². The number of nitrogens with zero attached hydrogens (tertiary/aromatic N) is 3. The predicted octanol–water partition coefficient (Wildman–Crippen LogP) is 3.65. The monoisotopic (exact) mass is 599 g/mol. The van der Waals surface area contributed by atoms with Gasteiger partial charge in [-0.3, -0.25) is 19.7 Å². The average molecular weight is 600 g/mol. The Bertz CT molecular complexity index is 1850. The fourth-order valence-electron chi connectivity index (χ4n) is 5.44. The number of hydrogen-bond acceptors (Lipinski definition) is 9. The summed E-state index contributed by atoms with van der Waals surface area (Å²) in [7, 11) is 1.80. The van der Waals surface area contributed by atoms with Crippen LogP contribution >= 0.6 is 0 Å². The smallest absolute Gasteiger partial charge is 0.333 e. The lowest BCUT2D eigenvalue weighted by atomic mass is 9.90. The lowest BCUT2D eigenvalue weighted by Gasteiger charge is -2.19. The van der Waals surface area contributed by atoms with Gasteiger partial charge in [-0.15, -0.1) is 5.06 Å². The van der Waals surface area contributed by atoms with Gasteiger partial charge >= 0.3 is 5.97 Å². The van der Waals surface area contributed by atoms with E-state index in [1.54, 1.807) is 49.5 Å². The third kappa shape index (κ3) is 5.65. The van der Waals surface area contributed by atoms with Gasteiger partial charge in [-0.05, 0) is 41.7 Å². The molecular formula is C32H29N3O9. The molecule has 0 atom stereocenters. The number of carboxylic acids is 1. The number of aryl methyl sites for hydroxylation is 1. The number of benzene rings is 3. The maximum Gasteiger partial charge on any atom is 0.333 e. The van der Waals surface area contributed by atoms with Gasteiger partial charge in [-0.25, -0.2) is 4.79 Å². The molecule has 0 aliphatic carbocycles. The molecule has 1 fully saturated rings. The third-order valence-corrected chi connectivity index (χ3v) is 7.61. The second-order valence-electron chi connectivity index (χ2n) is 10.8. The van der Waals surface area contributed by atoms with E-state index in [2.05, 4.69) is 0 Å². The van der Waals surface area contributed by atoms with Crippen molar-refractivity contribution in [3.63, 3.8) is 0 Å². The highest BCUT2D eigenvalue weighted by Crippen LogP contribution is 2.40. The molecule has 12 nitrogen and oxygen atoms in total. The number of hydrogen-bond donors (Lipinski definition) is 0. The molecule has 2 amide bonds. The maximum absolute atomic E-state index is 12.5. The maximum atomic E-state index is 12.5. The van der Waals surface area contributed by atoms with Crippen LogP contribution in [0.25, 0.3) is 32.9 Å². The van der Waals surface area contributed by atoms with Gasteiger partial charge in [0.2, 0.25) is 11.0 Å². The molecule has 0 radical (unpaired) electrons. The number of carbonyl (C=O) groups is 4. The summed E-state index contributed by atoms with van der Waals surface area (Å²) in [4.78, 5) is 64.3. The predicted molar refractivity (Wildman–Crippen MR) is 155 cm³/mol. The summed E-state index contributed by atoms with van der Waals surface area (Å²) in [5.74, 6) is -3.02. The molecule has 1 aliphatic rings. The van der Waals surface area contributed by atoms with Gasteiger partial charge in [0.1, 0.15) is 12.8 Å². The van der Waals surface area contributed by atoms with E-state index in [0.29, 0.717) is 49.3 Å². The number of rotatable bonds is 10. The number of hydroxylamine groups is 2. The summed E-state index contributed by atoms with van der Waals surface area (Å²) in [6.07, 6.45) is 0.0284. The number of non-ortho nitro benzene ring substituents is 1. The lowest BCUT2D eigenvalue weighted by molar-refractivity contribution is -0.617. The van der Waals surface area contributed by atoms with Crippen molar-refractivity contribution >= 4 is 51.2 Å². The van der Waals surface area contributed by atoms with E-state index in [4.69, 9.17) is 9.57 Å². The largest absolute Gasteiger partial charge is 0.545 e. The van der Waals surface area contributed by atoms with Crippen molar-refractivity contribution in [2.75, 3.05) is 6.61 Å². The van der Waals surface area contributed by atoms with E-state index in [-0.39, 0.29) is 49.5 Å². The summed E-state index contributed by atoms with van der Waals surface area (Å²) < 4.78 is 8.02. The molecular weight excluding hydrogens is 570 g/mol. The Labute approximate surface area is 251 Å². The second kappa shape index (κ2) is 12.1. The Balaban J connectivity index is 1.57. The molecule has 44 heavy (non-hydrogen) atoms. The highest BCUT2D eigenvalue weighted by molar-refractivity contribution is 6.12. The lowest BCUT2D eigenvalue weighted by Crippen LogP contribution is -2.33. The fourth-order valence-corrected chi connectivity index (χ4v) is 5.44. The number of aromatic carboxylic acids is 1. The van der Waals surface area contributed by atoms with Crippen LogP contribution in [0.2, 0.25) is 0 Å². The minimum Gasteiger partial charge on any atom is -0.545 e. The number of carboxylic acid groups (broad SMARTS) is 1. The van der Waals surface area contributed by atoms with Gasteiger partial charge in [-0.1, -0.05) is 26.0 Å². The van der Waals surface area contributed by atoms with E-state index in [1.807, 2.05) is 18.4 Å². The van der Waals surface area contributed by atoms with Crippen LogP contribution in [0.4, 0.5) is 5.69 Å². The summed E-state index contributed by atoms with van der Waals surface area (Å²) >= 11 is 0. The summed E-state index contributed by atoms with van der Waals surface area (Å²) in [5, 5.41) is 25.4. The molecule has 0 N–H and O–H groups in total. The number of nitro benzene ring substituents is 1. The zero-order valence-corrected chi connectivity index (χ0v) is 24.3. The Hall–Kier alpha value is -5.39. The molecule has 12 heteroatoms. The van der Waals surface area contributed by atoms with Crippen molar-refractivity contribution in [2.24, 2.45) is 7.05 Å². The van der Waals surface area contributed by atoms with E-state index in [9.17, 15) is 34.4 Å². The molecule has 0 spiro atoms. The first kappa shape index (κ1) is 30.1. The summed E-state index contributed by atoms with van der Waals surface area (Å²) in [5.41, 5.74) is 2.90. The fraction of sp³-hybridized carbons (Fsp3) is 0.281. The number of nitro groups is 1. The molecule has 5 rings (SSSR count). The number of amides is 2. The zero-order chi connectivity index (χ0) is 31.7. The number of pyridine rings is 1. The van der Waals surface area contributed by atoms with E-state index >= 15 is 0 Å². The summed E-state index contributed by atoms with van der Waals surface area (Å²) in [6, 6.07) is 14.9. The number of para-hydroxylation sites is 1. The second-order valence-corrected chi connectivity index (χ2v) is 10.8. The van der Waals surface area contributed by atoms with Crippen molar-refractivity contribution in [3.05, 3.63) is 75.8 Å². The molecule has 0 bridgehead atoms. The molecule has 1 aliphatic heterocycles. The highest BCUT2D eigenvalue weighted by atomic mass is 16.7. The highest BCUT2D eigenvalue weighted by Gasteiger charge is 2.32. The Morgan fingerprint density at radius 1 is 0.977 bits per heavy atom. The van der Waals surface area contributed by atoms with Crippen molar-refractivity contribution in [3.8, 4) is 16.9 Å². The first-order valence-electron chi connectivity index (χ1n) is 14.1. The van der Waals surface area contributed by atoms with E-state index in [0.717, 1.165) is 0 Å². The normalized spacial score (nSPS) is 13.2. The van der Waals surface area contributed by atoms with Gasteiger partial charge in [0, 0.05) is 42.2 Å². The molecule has 1 saturated heterocycles. The Morgan fingerprint density at radius 3 is 2.34 bits per heavy atom. The standard InChI is InChI=1S/C32H29N3O9/c1-18(2)22-15-19(35(41)42)10-11-20(22)23-16-24-26(33(3)25-8-5-4-7-21(25)31(24)32(39)40)17-27(23)43-14-6-9-30(38)44-34-28(36)12-13-29(34)37/h4-5,7-8,10-11,15-18H,6,9,12-14H2,1-3H3. The zero-order valence-electron chi connectivity index (χ0n) is 24.3. The van der Waals surface area contributed by atoms with Crippen LogP contribution in [-0.2, 0) is 26.3 Å². The molecule has 0 saturated carbocycles. The average Bonchev–Trinajstić information content (AvgIpc) is 3.30. The van der Waals surface area contributed by atoms with Crippen LogP contribution in [0.5, 0.6) is 5.75 Å². The number of carbonyl (C=O) groups excluding carboxylic acids is 4.